The van der Waals surface area contributed by atoms with Crippen LogP contribution in [-0.4, -0.2) is 46.3 Å². The van der Waals surface area contributed by atoms with Crippen LogP contribution >= 0.6 is 11.8 Å². The molecule has 0 heterocycles. The van der Waals surface area contributed by atoms with Crippen LogP contribution < -0.4 is 5.32 Å². The monoisotopic (exact) mass is 474 g/mol. The molecule has 180 valence electrons. The highest BCUT2D eigenvalue weighted by Gasteiger charge is 2.61. The maximum Gasteiger partial charge on any atom is 0.471 e. The number of Topliss-reactive ketones (excluding diaryl/α,β-unsaturated/α-hetero) is 1. The van der Waals surface area contributed by atoms with Crippen molar-refractivity contribution in [1.29, 1.82) is 0 Å². The van der Waals surface area contributed by atoms with E-state index in [9.17, 15) is 28.0 Å². The van der Waals surface area contributed by atoms with E-state index in [2.05, 4.69) is 19.0 Å². The summed E-state index contributed by atoms with van der Waals surface area (Å²) in [5, 5.41) is 15.8. The third-order valence-electron chi connectivity index (χ3n) is 9.27. The van der Waals surface area contributed by atoms with Crippen LogP contribution in [0.5, 0.6) is 0 Å². The number of hydrogen-bond acceptors (Lipinski definition) is 5. The molecule has 4 rings (SSSR count). The first-order valence-electron chi connectivity index (χ1n) is 11.7. The number of halogens is 3. The number of oxime groups is 1. The molecule has 1 amide bonds. The lowest BCUT2D eigenvalue weighted by molar-refractivity contribution is -0.173. The number of nitrogens with zero attached hydrogens (tertiary/aromatic N) is 1. The number of thioether (sulfide) groups is 1. The Hall–Kier alpha value is -1.25. The molecule has 0 bridgehead atoms. The number of carbonyl (C=O) groups excluding carboxylic acids is 2. The Morgan fingerprint density at radius 3 is 2.66 bits per heavy atom. The number of rotatable bonds is 4. The van der Waals surface area contributed by atoms with Crippen molar-refractivity contribution in [3.63, 3.8) is 0 Å². The van der Waals surface area contributed by atoms with Crippen LogP contribution in [-0.2, 0) is 9.59 Å². The topological polar surface area (TPSA) is 78.8 Å². The lowest BCUT2D eigenvalue weighted by Crippen LogP contribution is -2.57. The molecule has 1 unspecified atom stereocenters. The zero-order chi connectivity index (χ0) is 23.3. The molecule has 4 fully saturated rings. The molecule has 2 N–H and O–H groups in total. The van der Waals surface area contributed by atoms with Crippen LogP contribution in [0.1, 0.15) is 65.2 Å². The minimum Gasteiger partial charge on any atom is -0.411 e. The zero-order valence-electron chi connectivity index (χ0n) is 18.7. The number of carbonyl (C=O) groups is 2. The van der Waals surface area contributed by atoms with Crippen LogP contribution in [0.15, 0.2) is 5.16 Å². The summed E-state index contributed by atoms with van der Waals surface area (Å²) in [7, 11) is 0. The van der Waals surface area contributed by atoms with Crippen molar-refractivity contribution in [2.24, 2.45) is 39.7 Å². The SMILES string of the molecule is C[C@]12CC[C@H](SCCNC(=O)C(F)(F)F)CC1/C(=N/O)C[C@@H]1[C@@H]2CC[C@]2(C)C(=O)CC[C@@H]12. The molecule has 9 heteroatoms. The predicted octanol–water partition coefficient (Wildman–Crippen LogP) is 4.82. The Labute approximate surface area is 191 Å². The first kappa shape index (κ1) is 23.9. The second-order valence-corrected chi connectivity index (χ2v) is 12.1. The Bertz CT molecular complexity index is 804. The average molecular weight is 475 g/mol. The van der Waals surface area contributed by atoms with Gasteiger partial charge >= 0.3 is 12.1 Å². The number of fused-ring (bicyclic) bond motifs is 5. The molecule has 0 aromatic heterocycles. The second kappa shape index (κ2) is 8.51. The maximum absolute atomic E-state index is 12.6. The van der Waals surface area contributed by atoms with Gasteiger partial charge in [0.2, 0.25) is 0 Å². The van der Waals surface area contributed by atoms with Crippen LogP contribution in [0.4, 0.5) is 13.2 Å². The summed E-state index contributed by atoms with van der Waals surface area (Å²) in [6, 6.07) is 0. The summed E-state index contributed by atoms with van der Waals surface area (Å²) >= 11 is 1.60. The van der Waals surface area contributed by atoms with Crippen LogP contribution in [0, 0.1) is 34.5 Å². The third kappa shape index (κ3) is 3.96. The van der Waals surface area contributed by atoms with E-state index in [1.165, 1.54) is 0 Å². The van der Waals surface area contributed by atoms with Crippen molar-refractivity contribution in [1.82, 2.24) is 5.32 Å². The van der Waals surface area contributed by atoms with Gasteiger partial charge in [-0.25, -0.2) is 0 Å². The van der Waals surface area contributed by atoms with E-state index < -0.39 is 12.1 Å². The number of alkyl halides is 3. The summed E-state index contributed by atoms with van der Waals surface area (Å²) in [6.07, 6.45) is 2.29. The summed E-state index contributed by atoms with van der Waals surface area (Å²) in [4.78, 5) is 23.6. The van der Waals surface area contributed by atoms with Gasteiger partial charge in [-0.1, -0.05) is 19.0 Å². The molecule has 0 aromatic rings. The molecule has 0 aliphatic heterocycles. The molecule has 0 spiro atoms. The minimum atomic E-state index is -4.84. The van der Waals surface area contributed by atoms with Crippen molar-refractivity contribution in [3.05, 3.63) is 0 Å². The summed E-state index contributed by atoms with van der Waals surface area (Å²) in [5.74, 6) is 0.355. The fourth-order valence-corrected chi connectivity index (χ4v) is 8.72. The van der Waals surface area contributed by atoms with Gasteiger partial charge in [0, 0.05) is 35.3 Å². The van der Waals surface area contributed by atoms with E-state index in [1.54, 1.807) is 11.8 Å². The highest BCUT2D eigenvalue weighted by molar-refractivity contribution is 7.99. The van der Waals surface area contributed by atoms with Gasteiger partial charge in [0.25, 0.3) is 0 Å². The van der Waals surface area contributed by atoms with Gasteiger partial charge in [-0.3, -0.25) is 9.59 Å². The molecule has 32 heavy (non-hydrogen) atoms. The van der Waals surface area contributed by atoms with Crippen molar-refractivity contribution in [2.45, 2.75) is 76.6 Å². The highest BCUT2D eigenvalue weighted by atomic mass is 32.2. The first-order chi connectivity index (χ1) is 15.0. The molecule has 4 aliphatic carbocycles. The van der Waals surface area contributed by atoms with E-state index >= 15 is 0 Å². The van der Waals surface area contributed by atoms with Gasteiger partial charge in [0.05, 0.1) is 5.71 Å². The van der Waals surface area contributed by atoms with Crippen molar-refractivity contribution in [3.8, 4) is 0 Å². The third-order valence-corrected chi connectivity index (χ3v) is 10.6. The number of amides is 1. The van der Waals surface area contributed by atoms with Gasteiger partial charge in [-0.15, -0.1) is 0 Å². The van der Waals surface area contributed by atoms with Crippen LogP contribution in [0.25, 0.3) is 0 Å². The quantitative estimate of drug-likeness (QED) is 0.348. The molecule has 0 radical (unpaired) electrons. The molecular weight excluding hydrogens is 441 g/mol. The van der Waals surface area contributed by atoms with Gasteiger partial charge in [0.15, 0.2) is 0 Å². The average Bonchev–Trinajstić information content (AvgIpc) is 3.04. The van der Waals surface area contributed by atoms with Gasteiger partial charge < -0.3 is 10.5 Å². The van der Waals surface area contributed by atoms with Gasteiger partial charge in [-0.05, 0) is 68.1 Å². The smallest absolute Gasteiger partial charge is 0.411 e. The molecule has 4 aliphatic rings. The Balaban J connectivity index is 1.41. The lowest BCUT2D eigenvalue weighted by Gasteiger charge is -2.60. The van der Waals surface area contributed by atoms with Crippen molar-refractivity contribution < 1.29 is 28.0 Å². The lowest BCUT2D eigenvalue weighted by atomic mass is 9.45. The summed E-state index contributed by atoms with van der Waals surface area (Å²) in [6.45, 7) is 4.45. The minimum absolute atomic E-state index is 0.0125. The molecule has 0 saturated heterocycles. The molecular formula is C23H33F3N2O3S. The zero-order valence-corrected chi connectivity index (χ0v) is 19.5. The molecule has 5 nitrogen and oxygen atoms in total. The molecule has 0 aromatic carbocycles. The highest BCUT2D eigenvalue weighted by Crippen LogP contribution is 2.65. The fourth-order valence-electron chi connectivity index (χ4n) is 7.55. The standard InChI is InChI=1S/C23H33F3N2O3S/c1-21-7-5-13(32-10-9-27-20(30)23(24,25)26)11-17(21)18(28-31)12-14-15-3-4-19(29)22(15,2)8-6-16(14)21/h13-17,31H,3-12H2,1-2H3,(H,27,30)/b28-18+/t13-,14-,15-,16-,17?,21+,22-/m0/s1. The van der Waals surface area contributed by atoms with E-state index in [4.69, 9.17) is 0 Å². The Morgan fingerprint density at radius 2 is 1.97 bits per heavy atom. The molecule has 4 saturated carbocycles. The van der Waals surface area contributed by atoms with Gasteiger partial charge in [0.1, 0.15) is 5.78 Å². The normalized spacial score (nSPS) is 42.8. The summed E-state index contributed by atoms with van der Waals surface area (Å²) in [5.41, 5.74) is 0.644. The largest absolute Gasteiger partial charge is 0.471 e. The van der Waals surface area contributed by atoms with E-state index in [0.29, 0.717) is 35.7 Å². The van der Waals surface area contributed by atoms with Gasteiger partial charge in [-0.2, -0.15) is 24.9 Å². The van der Waals surface area contributed by atoms with E-state index in [-0.39, 0.29) is 28.5 Å². The van der Waals surface area contributed by atoms with E-state index in [0.717, 1.165) is 50.7 Å². The first-order valence-corrected chi connectivity index (χ1v) is 12.8. The Morgan fingerprint density at radius 1 is 1.22 bits per heavy atom. The molecule has 7 atom stereocenters. The number of ketones is 1. The van der Waals surface area contributed by atoms with E-state index in [1.807, 2.05) is 5.32 Å². The second-order valence-electron chi connectivity index (χ2n) is 10.7. The van der Waals surface area contributed by atoms with Crippen molar-refractivity contribution >= 4 is 29.2 Å². The maximum atomic E-state index is 12.6. The van der Waals surface area contributed by atoms with Crippen LogP contribution in [0.3, 0.4) is 0 Å². The number of nitrogens with one attached hydrogen (secondary N) is 1. The van der Waals surface area contributed by atoms with Crippen molar-refractivity contribution in [2.75, 3.05) is 12.3 Å². The summed E-state index contributed by atoms with van der Waals surface area (Å²) < 4.78 is 37.0. The van der Waals surface area contributed by atoms with Crippen LogP contribution in [0.2, 0.25) is 0 Å². The fraction of sp³-hybridized carbons (Fsp3) is 0.870. The Kier molecular flexibility index (Phi) is 6.36. The predicted molar refractivity (Wildman–Crippen MR) is 117 cm³/mol. The number of hydrogen-bond donors (Lipinski definition) is 2.